The van der Waals surface area contributed by atoms with Crippen LogP contribution >= 0.6 is 0 Å². The molecule has 0 radical (unpaired) electrons. The predicted octanol–water partition coefficient (Wildman–Crippen LogP) is -1.76. The van der Waals surface area contributed by atoms with Gasteiger partial charge in [-0.1, -0.05) is 6.08 Å². The number of piperidine rings is 1. The molecule has 1 spiro atoms. The highest BCUT2D eigenvalue weighted by molar-refractivity contribution is 5.97. The molecule has 9 aliphatic rings. The van der Waals surface area contributed by atoms with Crippen molar-refractivity contribution in [3.05, 3.63) is 28.4 Å². The molecule has 5 aliphatic carbocycles. The average Bonchev–Trinajstić information content (AvgIpc) is 3.54. The molecular formula is C48H66N10O10. The number of pyridine rings is 1. The highest BCUT2D eigenvalue weighted by Gasteiger charge is 2.68. The standard InChI is InChI=1S/C48H66N10O10/c49-20-34-17-33-18-39(33)58(34)40(59)21-51-45(67)36-3-6-50-38-2-1-35(19-37(36)38)68-32-48-26-47(27-48,28-48)30-56-7-4-46(29-56)5-8-57(31-46)41(60)22-52-9-11-53(23-42(61)62)13-15-55(25-44(65)66)16-14-54(12-10-52)24-43(63)64/h2-3,6,19,33-35,39H,1,4-5,7-18,21-32H2,(H,51,67)(H,61,62)(H,63,64)(H,65,66)/t33-,34+,35?,39+,46?,47?,48?/m1/s1. The molecule has 1 aromatic heterocycles. The largest absolute Gasteiger partial charge is 0.480 e. The fourth-order valence-electron chi connectivity index (χ4n) is 12.9. The van der Waals surface area contributed by atoms with Gasteiger partial charge in [0.15, 0.2) is 0 Å². The number of aromatic nitrogens is 1. The number of amides is 3. The minimum atomic E-state index is -1.00. The van der Waals surface area contributed by atoms with E-state index in [9.17, 15) is 49.3 Å². The number of carboxylic acids is 3. The number of nitriles is 1. The Hall–Kier alpha value is -5.04. The van der Waals surface area contributed by atoms with Crippen molar-refractivity contribution in [3.8, 4) is 6.07 Å². The second kappa shape index (κ2) is 19.8. The summed E-state index contributed by atoms with van der Waals surface area (Å²) >= 11 is 0. The fourth-order valence-corrected chi connectivity index (χ4v) is 12.9. The van der Waals surface area contributed by atoms with Crippen molar-refractivity contribution in [1.29, 1.82) is 5.26 Å². The molecule has 2 bridgehead atoms. The van der Waals surface area contributed by atoms with Gasteiger partial charge in [0.1, 0.15) is 6.04 Å². The van der Waals surface area contributed by atoms with Gasteiger partial charge in [0.25, 0.3) is 5.91 Å². The summed E-state index contributed by atoms with van der Waals surface area (Å²) in [5.41, 5.74) is 0.979. The lowest BCUT2D eigenvalue weighted by atomic mass is 9.35. The van der Waals surface area contributed by atoms with E-state index < -0.39 is 23.9 Å². The van der Waals surface area contributed by atoms with E-state index in [1.807, 2.05) is 22.0 Å². The molecule has 10 rings (SSSR count). The van der Waals surface area contributed by atoms with Crippen LogP contribution in [0, 0.1) is 33.5 Å². The Bertz CT molecular complexity index is 2270. The maximum absolute atomic E-state index is 13.9. The van der Waals surface area contributed by atoms with Crippen LogP contribution in [0.15, 0.2) is 12.3 Å². The van der Waals surface area contributed by atoms with Gasteiger partial charge in [-0.05, 0) is 86.8 Å². The molecule has 4 saturated carbocycles. The van der Waals surface area contributed by atoms with Crippen LogP contribution in [0.2, 0.25) is 0 Å². The van der Waals surface area contributed by atoms with Crippen molar-refractivity contribution in [3.63, 3.8) is 0 Å². The van der Waals surface area contributed by atoms with Crippen LogP contribution in [0.5, 0.6) is 0 Å². The highest BCUT2D eigenvalue weighted by atomic mass is 16.5. The van der Waals surface area contributed by atoms with Crippen LogP contribution in [-0.2, 0) is 28.7 Å². The van der Waals surface area contributed by atoms with E-state index in [1.54, 1.807) is 31.9 Å². The second-order valence-corrected chi connectivity index (χ2v) is 21.4. The van der Waals surface area contributed by atoms with Gasteiger partial charge in [-0.2, -0.15) is 5.26 Å². The SMILES string of the molecule is N#C[C@@H]1C[C@@H]2C[C@@H]2N1C(=O)CNC(=O)c1ccnc2c1=CC(OCC13CC(CN4CCC5(CCN(C(=O)CN6CCN(CC(=O)O)CCN(CC(=O)O)CCN(CC(=O)O)CC6)C5)C4)(C1)C3)CC=2. The Labute approximate surface area is 396 Å². The van der Waals surface area contributed by atoms with E-state index in [0.29, 0.717) is 107 Å². The third kappa shape index (κ3) is 10.9. The molecule has 1 aromatic rings. The van der Waals surface area contributed by atoms with Crippen molar-refractivity contribution in [2.45, 2.75) is 69.6 Å². The van der Waals surface area contributed by atoms with E-state index in [0.717, 1.165) is 63.5 Å². The van der Waals surface area contributed by atoms with Gasteiger partial charge in [-0.25, -0.2) is 0 Å². The molecule has 3 amide bonds. The monoisotopic (exact) mass is 942 g/mol. The smallest absolute Gasteiger partial charge is 0.317 e. The van der Waals surface area contributed by atoms with E-state index in [4.69, 9.17) is 4.74 Å². The Morgan fingerprint density at radius 1 is 0.750 bits per heavy atom. The zero-order valence-corrected chi connectivity index (χ0v) is 38.9. The molecule has 8 fully saturated rings. The Kier molecular flexibility index (Phi) is 13.9. The van der Waals surface area contributed by atoms with Crippen molar-refractivity contribution < 1.29 is 48.8 Å². The van der Waals surface area contributed by atoms with E-state index >= 15 is 0 Å². The van der Waals surface area contributed by atoms with Crippen LogP contribution < -0.4 is 15.9 Å². The highest BCUT2D eigenvalue weighted by Crippen LogP contribution is 2.73. The zero-order chi connectivity index (χ0) is 47.8. The van der Waals surface area contributed by atoms with Gasteiger partial charge in [-0.3, -0.25) is 53.4 Å². The van der Waals surface area contributed by atoms with Gasteiger partial charge in [0.2, 0.25) is 11.8 Å². The van der Waals surface area contributed by atoms with Gasteiger partial charge in [0.05, 0.1) is 62.4 Å². The predicted molar refractivity (Wildman–Crippen MR) is 244 cm³/mol. The summed E-state index contributed by atoms with van der Waals surface area (Å²) in [5, 5.41) is 42.4. The summed E-state index contributed by atoms with van der Waals surface area (Å²) in [4.78, 5) is 93.3. The Morgan fingerprint density at radius 2 is 1.35 bits per heavy atom. The number of rotatable bonds is 16. The number of nitrogens with zero attached hydrogens (tertiary/aromatic N) is 9. The van der Waals surface area contributed by atoms with Crippen LogP contribution in [0.25, 0.3) is 12.2 Å². The minimum absolute atomic E-state index is 0.0269. The molecular weight excluding hydrogens is 877 g/mol. The Morgan fingerprint density at radius 3 is 1.96 bits per heavy atom. The number of carbonyl (C=O) groups excluding carboxylic acids is 3. The molecule has 5 atom stereocenters. The first-order valence-electron chi connectivity index (χ1n) is 24.4. The average molecular weight is 943 g/mol. The van der Waals surface area contributed by atoms with Gasteiger partial charge < -0.3 is 40.1 Å². The Balaban J connectivity index is 0.729. The number of fused-ring (bicyclic) bond motifs is 2. The van der Waals surface area contributed by atoms with Crippen molar-refractivity contribution >= 4 is 47.8 Å². The number of hydrogen-bond donors (Lipinski definition) is 4. The molecule has 68 heavy (non-hydrogen) atoms. The maximum atomic E-state index is 13.9. The molecule has 368 valence electrons. The third-order valence-electron chi connectivity index (χ3n) is 16.2. The number of ether oxygens (including phenoxy) is 1. The molecule has 2 unspecified atom stereocenters. The summed E-state index contributed by atoms with van der Waals surface area (Å²) in [6.45, 7) is 7.30. The summed E-state index contributed by atoms with van der Waals surface area (Å²) in [7, 11) is 0. The normalized spacial score (nSPS) is 32.0. The maximum Gasteiger partial charge on any atom is 0.317 e. The summed E-state index contributed by atoms with van der Waals surface area (Å²) in [6, 6.07) is 3.62. The van der Waals surface area contributed by atoms with Gasteiger partial charge in [-0.15, -0.1) is 0 Å². The topological polar surface area (TPSA) is 244 Å². The lowest BCUT2D eigenvalue weighted by Crippen LogP contribution is -2.67. The van der Waals surface area contributed by atoms with E-state index in [1.165, 1.54) is 0 Å². The molecule has 0 aromatic carbocycles. The number of nitrogens with one attached hydrogen (secondary N) is 1. The zero-order valence-electron chi connectivity index (χ0n) is 38.9. The van der Waals surface area contributed by atoms with Crippen LogP contribution in [0.4, 0.5) is 0 Å². The second-order valence-electron chi connectivity index (χ2n) is 21.4. The van der Waals surface area contributed by atoms with E-state index in [2.05, 4.69) is 21.3 Å². The van der Waals surface area contributed by atoms with Crippen LogP contribution in [0.3, 0.4) is 0 Å². The lowest BCUT2D eigenvalue weighted by Gasteiger charge is -2.71. The third-order valence-corrected chi connectivity index (χ3v) is 16.2. The number of likely N-dealkylation sites (tertiary alicyclic amines) is 3. The number of carboxylic acid groups (broad SMARTS) is 3. The molecule has 4 N–H and O–H groups in total. The first kappa shape index (κ1) is 48.0. The molecule has 5 heterocycles. The first-order chi connectivity index (χ1) is 32.6. The lowest BCUT2D eigenvalue weighted by molar-refractivity contribution is -0.240. The summed E-state index contributed by atoms with van der Waals surface area (Å²) in [6.07, 6.45) is 13.1. The van der Waals surface area contributed by atoms with Gasteiger partial charge in [0, 0.05) is 101 Å². The minimum Gasteiger partial charge on any atom is -0.480 e. The number of hydrogen-bond acceptors (Lipinski definition) is 14. The number of aliphatic carboxylic acids is 3. The molecule has 20 nitrogen and oxygen atoms in total. The van der Waals surface area contributed by atoms with Crippen LogP contribution in [-0.4, -0.2) is 233 Å². The van der Waals surface area contributed by atoms with Crippen molar-refractivity contribution in [2.75, 3.05) is 124 Å². The molecule has 20 heteroatoms. The van der Waals surface area contributed by atoms with Crippen molar-refractivity contribution in [1.82, 2.24) is 44.6 Å². The van der Waals surface area contributed by atoms with Crippen molar-refractivity contribution in [2.24, 2.45) is 22.2 Å². The number of carbonyl (C=O) groups is 6. The molecule has 4 aliphatic heterocycles. The fraction of sp³-hybridized carbons (Fsp3) is 0.708. The summed E-state index contributed by atoms with van der Waals surface area (Å²) in [5.74, 6) is -3.10. The van der Waals surface area contributed by atoms with Crippen LogP contribution in [0.1, 0.15) is 61.7 Å². The first-order valence-corrected chi connectivity index (χ1v) is 24.4. The van der Waals surface area contributed by atoms with Gasteiger partial charge >= 0.3 is 17.9 Å². The van der Waals surface area contributed by atoms with E-state index in [-0.39, 0.29) is 73.4 Å². The summed E-state index contributed by atoms with van der Waals surface area (Å²) < 4.78 is 6.53. The molecule has 4 saturated heterocycles. The quantitative estimate of drug-likeness (QED) is 0.144.